The highest BCUT2D eigenvalue weighted by Gasteiger charge is 2.70. The molecule has 0 aromatic rings. The molecule has 5 aliphatic rings. The van der Waals surface area contributed by atoms with Crippen molar-refractivity contribution in [1.82, 2.24) is 0 Å². The molecule has 0 aromatic carbocycles. The third kappa shape index (κ3) is 3.37. The van der Waals surface area contributed by atoms with Crippen molar-refractivity contribution in [3.8, 4) is 0 Å². The maximum Gasteiger partial charge on any atom is 0.309 e. The van der Waals surface area contributed by atoms with E-state index in [1.807, 2.05) is 13.0 Å². The number of carbonyl (C=O) groups is 3. The summed E-state index contributed by atoms with van der Waals surface area (Å²) in [6.07, 6.45) is 11.1. The van der Waals surface area contributed by atoms with Gasteiger partial charge >= 0.3 is 11.9 Å². The average molecular weight is 511 g/mol. The van der Waals surface area contributed by atoms with Gasteiger partial charge in [0, 0.05) is 18.3 Å². The number of ketones is 1. The molecule has 5 aliphatic carbocycles. The van der Waals surface area contributed by atoms with Gasteiger partial charge in [-0.2, -0.15) is 0 Å². The molecule has 0 bridgehead atoms. The van der Waals surface area contributed by atoms with Crippen LogP contribution < -0.4 is 0 Å². The summed E-state index contributed by atoms with van der Waals surface area (Å²) in [4.78, 5) is 38.5. The monoisotopic (exact) mass is 510 g/mol. The van der Waals surface area contributed by atoms with Crippen LogP contribution >= 0.6 is 0 Å². The first-order valence-corrected chi connectivity index (χ1v) is 14.3. The molecule has 8 atom stereocenters. The molecular formula is C32H46O5. The fourth-order valence-corrected chi connectivity index (χ4v) is 10.3. The summed E-state index contributed by atoms with van der Waals surface area (Å²) >= 11 is 0. The number of aliphatic carboxylic acids is 1. The quantitative estimate of drug-likeness (QED) is 0.400. The summed E-state index contributed by atoms with van der Waals surface area (Å²) in [5.74, 6) is 0.241. The summed E-state index contributed by atoms with van der Waals surface area (Å²) in [5, 5.41) is 10.1. The zero-order valence-corrected chi connectivity index (χ0v) is 24.1. The molecule has 0 amide bonds. The van der Waals surface area contributed by atoms with Crippen LogP contribution in [0.2, 0.25) is 0 Å². The van der Waals surface area contributed by atoms with Crippen LogP contribution in [0.1, 0.15) is 107 Å². The Hall–Kier alpha value is -1.91. The second-order valence-corrected chi connectivity index (χ2v) is 15.1. The van der Waals surface area contributed by atoms with Crippen molar-refractivity contribution in [3.63, 3.8) is 0 Å². The third-order valence-electron chi connectivity index (χ3n) is 12.8. The highest BCUT2D eigenvalue weighted by Crippen LogP contribution is 2.75. The SMILES string of the molecule is CC(=O)OC1=CC[C@]2(C)[C@H]3C(=O)C=C4[C@@H]5C[C@@](C)(C(=O)O)CC[C@]5(C)CC[C@@]4(C)[C@]3(C)CC[C@H]2C1(C)C. The molecule has 0 aromatic heterocycles. The molecule has 204 valence electrons. The first-order chi connectivity index (χ1) is 16.9. The number of esters is 1. The van der Waals surface area contributed by atoms with Gasteiger partial charge in [0.25, 0.3) is 0 Å². The summed E-state index contributed by atoms with van der Waals surface area (Å²) in [5.41, 5.74) is -0.331. The molecule has 5 heteroatoms. The van der Waals surface area contributed by atoms with Crippen molar-refractivity contribution in [2.24, 2.45) is 50.2 Å². The van der Waals surface area contributed by atoms with Gasteiger partial charge in [0.05, 0.1) is 5.41 Å². The summed E-state index contributed by atoms with van der Waals surface area (Å²) in [6.45, 7) is 17.1. The third-order valence-corrected chi connectivity index (χ3v) is 12.8. The highest BCUT2D eigenvalue weighted by molar-refractivity contribution is 5.95. The van der Waals surface area contributed by atoms with Gasteiger partial charge < -0.3 is 9.84 Å². The van der Waals surface area contributed by atoms with Crippen LogP contribution in [-0.2, 0) is 19.1 Å². The lowest BCUT2D eigenvalue weighted by Gasteiger charge is -2.69. The lowest BCUT2D eigenvalue weighted by Crippen LogP contribution is -2.65. The number of hydrogen-bond acceptors (Lipinski definition) is 4. The van der Waals surface area contributed by atoms with Crippen LogP contribution in [-0.4, -0.2) is 22.8 Å². The van der Waals surface area contributed by atoms with E-state index in [4.69, 9.17) is 4.74 Å². The Morgan fingerprint density at radius 2 is 1.62 bits per heavy atom. The van der Waals surface area contributed by atoms with Crippen molar-refractivity contribution < 1.29 is 24.2 Å². The van der Waals surface area contributed by atoms with Crippen LogP contribution in [0.5, 0.6) is 0 Å². The van der Waals surface area contributed by atoms with Crippen LogP contribution in [0, 0.1) is 50.2 Å². The van der Waals surface area contributed by atoms with Crippen molar-refractivity contribution in [3.05, 3.63) is 23.5 Å². The molecule has 0 radical (unpaired) electrons. The van der Waals surface area contributed by atoms with E-state index in [1.54, 1.807) is 0 Å². The predicted molar refractivity (Wildman–Crippen MR) is 142 cm³/mol. The zero-order chi connectivity index (χ0) is 27.4. The molecule has 5 rings (SSSR count). The molecule has 1 N–H and O–H groups in total. The van der Waals surface area contributed by atoms with Gasteiger partial charge in [-0.1, -0.05) is 47.1 Å². The van der Waals surface area contributed by atoms with Gasteiger partial charge in [0.15, 0.2) is 5.78 Å². The molecule has 37 heavy (non-hydrogen) atoms. The van der Waals surface area contributed by atoms with E-state index in [-0.39, 0.29) is 56.6 Å². The minimum Gasteiger partial charge on any atom is -0.481 e. The molecule has 3 saturated carbocycles. The summed E-state index contributed by atoms with van der Waals surface area (Å²) < 4.78 is 5.68. The molecule has 0 saturated heterocycles. The Morgan fingerprint density at radius 1 is 0.973 bits per heavy atom. The minimum absolute atomic E-state index is 0.0549. The van der Waals surface area contributed by atoms with Crippen molar-refractivity contribution in [1.29, 1.82) is 0 Å². The average Bonchev–Trinajstić information content (AvgIpc) is 2.78. The number of carbonyl (C=O) groups excluding carboxylic acids is 2. The first kappa shape index (κ1) is 26.7. The minimum atomic E-state index is -0.737. The molecule has 3 fully saturated rings. The van der Waals surface area contributed by atoms with Crippen molar-refractivity contribution >= 4 is 17.7 Å². The Labute approximate surface area is 222 Å². The van der Waals surface area contributed by atoms with E-state index < -0.39 is 11.4 Å². The van der Waals surface area contributed by atoms with Crippen molar-refractivity contribution in [2.75, 3.05) is 0 Å². The number of carboxylic acids is 1. The number of carboxylic acid groups (broad SMARTS) is 1. The summed E-state index contributed by atoms with van der Waals surface area (Å²) in [7, 11) is 0. The molecule has 0 unspecified atom stereocenters. The second-order valence-electron chi connectivity index (χ2n) is 15.1. The van der Waals surface area contributed by atoms with Crippen LogP contribution in [0.4, 0.5) is 0 Å². The van der Waals surface area contributed by atoms with Crippen LogP contribution in [0.15, 0.2) is 23.5 Å². The van der Waals surface area contributed by atoms with E-state index in [1.165, 1.54) is 12.5 Å². The Kier molecular flexibility index (Phi) is 5.64. The number of hydrogen-bond donors (Lipinski definition) is 1. The van der Waals surface area contributed by atoms with E-state index in [2.05, 4.69) is 47.6 Å². The number of ether oxygens (including phenoxy) is 1. The van der Waals surface area contributed by atoms with E-state index in [9.17, 15) is 19.5 Å². The zero-order valence-electron chi connectivity index (χ0n) is 24.1. The van der Waals surface area contributed by atoms with E-state index >= 15 is 0 Å². The predicted octanol–water partition coefficient (Wildman–Crippen LogP) is 7.11. The highest BCUT2D eigenvalue weighted by atomic mass is 16.5. The maximum atomic E-state index is 14.3. The summed E-state index contributed by atoms with van der Waals surface area (Å²) in [6, 6.07) is 0. The van der Waals surface area contributed by atoms with Crippen LogP contribution in [0.3, 0.4) is 0 Å². The lowest BCUT2D eigenvalue weighted by atomic mass is 9.34. The first-order valence-electron chi connectivity index (χ1n) is 14.3. The lowest BCUT2D eigenvalue weighted by molar-refractivity contribution is -0.179. The topological polar surface area (TPSA) is 80.7 Å². The fourth-order valence-electron chi connectivity index (χ4n) is 10.3. The number of fused-ring (bicyclic) bond motifs is 7. The molecular weight excluding hydrogens is 464 g/mol. The Morgan fingerprint density at radius 3 is 2.24 bits per heavy atom. The van der Waals surface area contributed by atoms with Crippen LogP contribution in [0.25, 0.3) is 0 Å². The smallest absolute Gasteiger partial charge is 0.309 e. The van der Waals surface area contributed by atoms with Gasteiger partial charge in [-0.25, -0.2) is 0 Å². The van der Waals surface area contributed by atoms with Gasteiger partial charge in [-0.3, -0.25) is 14.4 Å². The van der Waals surface area contributed by atoms with Gasteiger partial charge in [-0.15, -0.1) is 0 Å². The molecule has 5 nitrogen and oxygen atoms in total. The number of rotatable bonds is 2. The van der Waals surface area contributed by atoms with E-state index in [0.29, 0.717) is 12.8 Å². The number of allylic oxidation sites excluding steroid dienone is 4. The van der Waals surface area contributed by atoms with Gasteiger partial charge in [0.2, 0.25) is 0 Å². The maximum absolute atomic E-state index is 14.3. The van der Waals surface area contributed by atoms with E-state index in [0.717, 1.165) is 44.3 Å². The standard InChI is InChI=1S/C32H46O5/c1-19(33)37-24-10-11-30(6)23(27(24,2)3)9-12-32(8)25(30)22(34)17-20-21-18-29(5,26(35)36)14-13-28(21,4)15-16-31(20,32)7/h10,17,21,23,25H,9,11-16,18H2,1-8H3,(H,35,36)/t21-,23-,25+,28+,29-,30-,31+,32+/m0/s1. The molecule has 0 heterocycles. The fraction of sp³-hybridized carbons (Fsp3) is 0.781. The normalized spacial score (nSPS) is 48.3. The van der Waals surface area contributed by atoms with Crippen molar-refractivity contribution in [2.45, 2.75) is 107 Å². The molecule has 0 aliphatic heterocycles. The van der Waals surface area contributed by atoms with Gasteiger partial charge in [-0.05, 0) is 104 Å². The largest absolute Gasteiger partial charge is 0.481 e. The Balaban J connectivity index is 1.61. The molecule has 0 spiro atoms. The Bertz CT molecular complexity index is 1130. The second kappa shape index (κ2) is 7.82. The van der Waals surface area contributed by atoms with Gasteiger partial charge in [0.1, 0.15) is 5.76 Å².